The van der Waals surface area contributed by atoms with Crippen molar-refractivity contribution in [2.75, 3.05) is 19.7 Å². The van der Waals surface area contributed by atoms with Crippen molar-refractivity contribution < 1.29 is 23.5 Å². The lowest BCUT2D eigenvalue weighted by Crippen LogP contribution is -2.48. The van der Waals surface area contributed by atoms with Crippen LogP contribution in [0, 0.1) is 17.1 Å². The van der Waals surface area contributed by atoms with Gasteiger partial charge < -0.3 is 19.7 Å². The van der Waals surface area contributed by atoms with Crippen LogP contribution in [0.25, 0.3) is 0 Å². The number of nitrogens with one attached hydrogen (secondary N) is 1. The zero-order valence-corrected chi connectivity index (χ0v) is 18.3. The Morgan fingerprint density at radius 1 is 1.48 bits per heavy atom. The van der Waals surface area contributed by atoms with Crippen LogP contribution in [0.5, 0.6) is 0 Å². The monoisotopic (exact) mass is 469 g/mol. The Balaban J connectivity index is 2.01. The van der Waals surface area contributed by atoms with Crippen LogP contribution in [0.4, 0.5) is 9.18 Å². The van der Waals surface area contributed by atoms with Gasteiger partial charge in [0, 0.05) is 24.0 Å². The third kappa shape index (κ3) is 7.29. The highest BCUT2D eigenvalue weighted by Gasteiger charge is 2.31. The van der Waals surface area contributed by atoms with Crippen LogP contribution in [0.15, 0.2) is 22.7 Å². The minimum atomic E-state index is -0.935. The number of carbonyl (C=O) groups is 2. The molecule has 0 saturated carbocycles. The summed E-state index contributed by atoms with van der Waals surface area (Å²) in [6, 6.07) is 5.57. The molecular weight excluding hydrogens is 445 g/mol. The topological polar surface area (TPSA) is 91.7 Å². The Labute approximate surface area is 178 Å². The molecule has 0 aliphatic carbocycles. The smallest absolute Gasteiger partial charge is 0.410 e. The van der Waals surface area contributed by atoms with Crippen molar-refractivity contribution in [3.8, 4) is 6.07 Å². The number of halogens is 2. The zero-order chi connectivity index (χ0) is 21.6. The quantitative estimate of drug-likeness (QED) is 0.730. The largest absolute Gasteiger partial charge is 0.444 e. The number of nitrogens with zero attached hydrogens (tertiary/aromatic N) is 2. The Morgan fingerprint density at radius 3 is 2.83 bits per heavy atom. The molecule has 158 valence electrons. The first-order chi connectivity index (χ1) is 13.6. The van der Waals surface area contributed by atoms with Crippen LogP contribution in [0.1, 0.15) is 32.8 Å². The van der Waals surface area contributed by atoms with Gasteiger partial charge in [-0.15, -0.1) is 0 Å². The average molecular weight is 470 g/mol. The zero-order valence-electron chi connectivity index (χ0n) is 16.7. The van der Waals surface area contributed by atoms with Gasteiger partial charge in [0.15, 0.2) is 6.10 Å². The molecule has 2 amide bonds. The molecule has 1 aliphatic rings. The highest BCUT2D eigenvalue weighted by atomic mass is 79.9. The summed E-state index contributed by atoms with van der Waals surface area (Å²) in [5.74, 6) is -0.986. The predicted molar refractivity (Wildman–Crippen MR) is 108 cm³/mol. The molecule has 1 aromatic rings. The van der Waals surface area contributed by atoms with E-state index >= 15 is 0 Å². The van der Waals surface area contributed by atoms with Gasteiger partial charge in [0.25, 0.3) is 5.91 Å². The van der Waals surface area contributed by atoms with Crippen LogP contribution >= 0.6 is 15.9 Å². The fourth-order valence-electron chi connectivity index (χ4n) is 2.78. The van der Waals surface area contributed by atoms with Gasteiger partial charge in [0.2, 0.25) is 0 Å². The van der Waals surface area contributed by atoms with E-state index in [0.29, 0.717) is 29.6 Å². The van der Waals surface area contributed by atoms with Crippen LogP contribution in [-0.2, 0) is 20.7 Å². The molecule has 0 aromatic heterocycles. The van der Waals surface area contributed by atoms with Crippen LogP contribution in [-0.4, -0.2) is 54.3 Å². The summed E-state index contributed by atoms with van der Waals surface area (Å²) in [7, 11) is 0. The third-order valence-electron chi connectivity index (χ3n) is 4.13. The molecule has 2 atom stereocenters. The molecule has 0 spiro atoms. The van der Waals surface area contributed by atoms with Gasteiger partial charge in [0.05, 0.1) is 12.6 Å². The van der Waals surface area contributed by atoms with Gasteiger partial charge in [0.1, 0.15) is 17.5 Å². The SMILES string of the molecule is CC(C)(C)OC(=O)N1CCCO[C@H](C(=O)N[C@H](C#N)Cc2ccc(Br)cc2F)C1. The lowest BCUT2D eigenvalue weighted by atomic mass is 10.1. The first-order valence-electron chi connectivity index (χ1n) is 9.32. The summed E-state index contributed by atoms with van der Waals surface area (Å²) in [6.07, 6.45) is -0.872. The van der Waals surface area contributed by atoms with Gasteiger partial charge in [-0.05, 0) is 44.9 Å². The van der Waals surface area contributed by atoms with Crippen molar-refractivity contribution >= 4 is 27.9 Å². The standard InChI is InChI=1S/C20H25BrFN3O4/c1-20(2,3)29-19(27)25-7-4-8-28-17(12-25)18(26)24-15(11-23)9-13-5-6-14(21)10-16(13)22/h5-6,10,15,17H,4,7-9,12H2,1-3H3,(H,24,26)/t15-,17-/m0/s1. The van der Waals surface area contributed by atoms with Gasteiger partial charge >= 0.3 is 6.09 Å². The molecule has 2 rings (SSSR count). The summed E-state index contributed by atoms with van der Waals surface area (Å²) in [5, 5.41) is 12.0. The number of rotatable bonds is 4. The van der Waals surface area contributed by atoms with E-state index in [4.69, 9.17) is 9.47 Å². The van der Waals surface area contributed by atoms with Crippen molar-refractivity contribution in [3.63, 3.8) is 0 Å². The summed E-state index contributed by atoms with van der Waals surface area (Å²) in [6.45, 7) is 6.03. The highest BCUT2D eigenvalue weighted by Crippen LogP contribution is 2.17. The molecule has 0 bridgehead atoms. The molecule has 1 aromatic carbocycles. The van der Waals surface area contributed by atoms with E-state index in [1.165, 1.54) is 11.0 Å². The third-order valence-corrected chi connectivity index (χ3v) is 4.63. The van der Waals surface area contributed by atoms with Gasteiger partial charge in [-0.1, -0.05) is 22.0 Å². The van der Waals surface area contributed by atoms with E-state index in [0.717, 1.165) is 0 Å². The van der Waals surface area contributed by atoms with Crippen molar-refractivity contribution in [3.05, 3.63) is 34.1 Å². The number of nitriles is 1. The van der Waals surface area contributed by atoms with Gasteiger partial charge in [-0.3, -0.25) is 4.79 Å². The maximum atomic E-state index is 14.0. The first-order valence-corrected chi connectivity index (χ1v) is 10.1. The Bertz CT molecular complexity index is 791. The second-order valence-corrected chi connectivity index (χ2v) is 8.69. The number of ether oxygens (including phenoxy) is 2. The lowest BCUT2D eigenvalue weighted by molar-refractivity contribution is -0.133. The van der Waals surface area contributed by atoms with Crippen LogP contribution < -0.4 is 5.32 Å². The molecular formula is C20H25BrFN3O4. The van der Waals surface area contributed by atoms with E-state index in [2.05, 4.69) is 21.2 Å². The number of carbonyl (C=O) groups excluding carboxylic acids is 2. The summed E-state index contributed by atoms with van der Waals surface area (Å²) in [4.78, 5) is 26.4. The van der Waals surface area contributed by atoms with Crippen LogP contribution in [0.2, 0.25) is 0 Å². The van der Waals surface area contributed by atoms with Gasteiger partial charge in [-0.25, -0.2) is 9.18 Å². The Kier molecular flexibility index (Phi) is 7.99. The van der Waals surface area contributed by atoms with Crippen molar-refractivity contribution in [2.45, 2.75) is 51.4 Å². The molecule has 1 fully saturated rings. The van der Waals surface area contributed by atoms with E-state index in [1.807, 2.05) is 6.07 Å². The predicted octanol–water partition coefficient (Wildman–Crippen LogP) is 3.17. The molecule has 1 saturated heterocycles. The normalized spacial score (nSPS) is 18.3. The summed E-state index contributed by atoms with van der Waals surface area (Å²) < 4.78 is 25.5. The molecule has 0 radical (unpaired) electrons. The Hall–Kier alpha value is -2.18. The Morgan fingerprint density at radius 2 is 2.21 bits per heavy atom. The van der Waals surface area contributed by atoms with E-state index in [9.17, 15) is 19.2 Å². The molecule has 29 heavy (non-hydrogen) atoms. The number of benzene rings is 1. The molecule has 0 unspecified atom stereocenters. The number of hydrogen-bond donors (Lipinski definition) is 1. The number of hydrogen-bond acceptors (Lipinski definition) is 5. The van der Waals surface area contributed by atoms with Crippen LogP contribution in [0.3, 0.4) is 0 Å². The highest BCUT2D eigenvalue weighted by molar-refractivity contribution is 9.10. The van der Waals surface area contributed by atoms with E-state index in [1.54, 1.807) is 32.9 Å². The summed E-state index contributed by atoms with van der Waals surface area (Å²) >= 11 is 3.18. The fourth-order valence-corrected chi connectivity index (χ4v) is 3.11. The molecule has 1 aliphatic heterocycles. The van der Waals surface area contributed by atoms with Crippen molar-refractivity contribution in [1.82, 2.24) is 10.2 Å². The second kappa shape index (κ2) is 10.0. The lowest BCUT2D eigenvalue weighted by Gasteiger charge is -2.27. The summed E-state index contributed by atoms with van der Waals surface area (Å²) in [5.41, 5.74) is -0.333. The fraction of sp³-hybridized carbons (Fsp3) is 0.550. The van der Waals surface area contributed by atoms with E-state index < -0.39 is 35.6 Å². The van der Waals surface area contributed by atoms with Gasteiger partial charge in [-0.2, -0.15) is 5.26 Å². The minimum Gasteiger partial charge on any atom is -0.444 e. The number of amides is 2. The van der Waals surface area contributed by atoms with E-state index in [-0.39, 0.29) is 13.0 Å². The first kappa shape index (κ1) is 23.1. The minimum absolute atomic E-state index is 0.0177. The molecule has 1 heterocycles. The molecule has 9 heteroatoms. The maximum absolute atomic E-state index is 14.0. The second-order valence-electron chi connectivity index (χ2n) is 7.77. The average Bonchev–Trinajstić information content (AvgIpc) is 2.88. The van der Waals surface area contributed by atoms with Crippen molar-refractivity contribution in [1.29, 1.82) is 5.26 Å². The molecule has 7 nitrogen and oxygen atoms in total. The maximum Gasteiger partial charge on any atom is 0.410 e. The molecule has 1 N–H and O–H groups in total. The van der Waals surface area contributed by atoms with Crippen molar-refractivity contribution in [2.24, 2.45) is 0 Å².